The molecule has 0 saturated carbocycles. The number of ether oxygens (including phenoxy) is 1. The van der Waals surface area contributed by atoms with Crippen LogP contribution in [0.2, 0.25) is 5.02 Å². The Morgan fingerprint density at radius 2 is 1.78 bits per heavy atom. The SMILES string of the molecule is COc1cccc(CNC(=O)[C@H]2Cc3ccccc3CN2S(=O)(=O)c2ccc(Cl)cc2)c1. The predicted octanol–water partition coefficient (Wildman–Crippen LogP) is 3.78. The lowest BCUT2D eigenvalue weighted by molar-refractivity contribution is -0.125. The van der Waals surface area contributed by atoms with Gasteiger partial charge in [0, 0.05) is 18.1 Å². The van der Waals surface area contributed by atoms with Gasteiger partial charge in [-0.05, 0) is 59.5 Å². The molecule has 8 heteroatoms. The summed E-state index contributed by atoms with van der Waals surface area (Å²) in [5, 5.41) is 3.34. The van der Waals surface area contributed by atoms with E-state index in [0.717, 1.165) is 16.7 Å². The summed E-state index contributed by atoms with van der Waals surface area (Å²) in [6, 6.07) is 20.1. The summed E-state index contributed by atoms with van der Waals surface area (Å²) in [7, 11) is -2.34. The molecule has 1 aliphatic rings. The molecule has 0 saturated heterocycles. The van der Waals surface area contributed by atoms with Crippen LogP contribution in [0.3, 0.4) is 0 Å². The maximum Gasteiger partial charge on any atom is 0.244 e. The molecule has 1 N–H and O–H groups in total. The second-order valence-corrected chi connectivity index (χ2v) is 9.89. The van der Waals surface area contributed by atoms with Crippen molar-refractivity contribution >= 4 is 27.5 Å². The number of sulfonamides is 1. The molecule has 1 aliphatic heterocycles. The quantitative estimate of drug-likeness (QED) is 0.595. The second-order valence-electron chi connectivity index (χ2n) is 7.56. The van der Waals surface area contributed by atoms with Gasteiger partial charge >= 0.3 is 0 Å². The topological polar surface area (TPSA) is 75.7 Å². The number of benzene rings is 3. The van der Waals surface area contributed by atoms with Crippen molar-refractivity contribution in [2.75, 3.05) is 7.11 Å². The fraction of sp³-hybridized carbons (Fsp3) is 0.208. The van der Waals surface area contributed by atoms with Gasteiger partial charge in [-0.25, -0.2) is 8.42 Å². The van der Waals surface area contributed by atoms with Crippen LogP contribution < -0.4 is 10.1 Å². The molecule has 6 nitrogen and oxygen atoms in total. The number of methoxy groups -OCH3 is 1. The Bertz CT molecular complexity index is 1230. The highest BCUT2D eigenvalue weighted by Gasteiger charge is 2.39. The van der Waals surface area contributed by atoms with E-state index in [1.165, 1.54) is 28.6 Å². The Kier molecular flexibility index (Phi) is 6.50. The van der Waals surface area contributed by atoms with E-state index in [1.807, 2.05) is 48.5 Å². The number of rotatable bonds is 6. The Morgan fingerprint density at radius 1 is 1.06 bits per heavy atom. The average molecular weight is 471 g/mol. The fourth-order valence-corrected chi connectivity index (χ4v) is 5.50. The molecule has 0 unspecified atom stereocenters. The second kappa shape index (κ2) is 9.32. The van der Waals surface area contributed by atoms with E-state index in [0.29, 0.717) is 17.2 Å². The zero-order valence-electron chi connectivity index (χ0n) is 17.5. The smallest absolute Gasteiger partial charge is 0.244 e. The molecule has 32 heavy (non-hydrogen) atoms. The minimum Gasteiger partial charge on any atom is -0.497 e. The van der Waals surface area contributed by atoms with E-state index in [4.69, 9.17) is 16.3 Å². The molecule has 0 aliphatic carbocycles. The Labute approximate surface area is 192 Å². The minimum atomic E-state index is -3.92. The van der Waals surface area contributed by atoms with Crippen LogP contribution in [0.25, 0.3) is 0 Å². The van der Waals surface area contributed by atoms with Gasteiger partial charge in [0.1, 0.15) is 11.8 Å². The van der Waals surface area contributed by atoms with Crippen molar-refractivity contribution < 1.29 is 17.9 Å². The molecule has 0 bridgehead atoms. The number of nitrogens with one attached hydrogen (secondary N) is 1. The fourth-order valence-electron chi connectivity index (χ4n) is 3.81. The molecule has 166 valence electrons. The zero-order valence-corrected chi connectivity index (χ0v) is 19.1. The summed E-state index contributed by atoms with van der Waals surface area (Å²) in [6.07, 6.45) is 0.299. The lowest BCUT2D eigenvalue weighted by Gasteiger charge is -2.35. The third kappa shape index (κ3) is 4.65. The maximum absolute atomic E-state index is 13.5. The Balaban J connectivity index is 1.62. The number of amides is 1. The molecule has 0 aromatic heterocycles. The summed E-state index contributed by atoms with van der Waals surface area (Å²) in [6.45, 7) is 0.390. The molecule has 0 radical (unpaired) electrons. The van der Waals surface area contributed by atoms with Crippen LogP contribution in [0.4, 0.5) is 0 Å². The van der Waals surface area contributed by atoms with Gasteiger partial charge in [-0.2, -0.15) is 4.31 Å². The lowest BCUT2D eigenvalue weighted by atomic mass is 9.95. The van der Waals surface area contributed by atoms with Gasteiger partial charge in [0.15, 0.2) is 0 Å². The normalized spacial score (nSPS) is 16.2. The molecule has 1 atom stereocenters. The van der Waals surface area contributed by atoms with Gasteiger partial charge in [-0.3, -0.25) is 4.79 Å². The summed E-state index contributed by atoms with van der Waals surface area (Å²) < 4.78 is 33.4. The number of hydrogen-bond donors (Lipinski definition) is 1. The third-order valence-electron chi connectivity index (χ3n) is 5.53. The summed E-state index contributed by atoms with van der Waals surface area (Å²) in [5.74, 6) is 0.343. The summed E-state index contributed by atoms with van der Waals surface area (Å²) in [5.41, 5.74) is 2.72. The number of nitrogens with zero attached hydrogens (tertiary/aromatic N) is 1. The number of carbonyl (C=O) groups is 1. The first kappa shape index (κ1) is 22.3. The lowest BCUT2D eigenvalue weighted by Crippen LogP contribution is -2.52. The highest BCUT2D eigenvalue weighted by Crippen LogP contribution is 2.30. The number of hydrogen-bond acceptors (Lipinski definition) is 4. The van der Waals surface area contributed by atoms with E-state index in [9.17, 15) is 13.2 Å². The zero-order chi connectivity index (χ0) is 22.7. The van der Waals surface area contributed by atoms with Crippen LogP contribution in [0.15, 0.2) is 77.7 Å². The Hall–Kier alpha value is -2.87. The van der Waals surface area contributed by atoms with Crippen molar-refractivity contribution in [2.45, 2.75) is 30.4 Å². The first-order valence-electron chi connectivity index (χ1n) is 10.1. The molecule has 1 amide bonds. The molecule has 0 fully saturated rings. The monoisotopic (exact) mass is 470 g/mol. The minimum absolute atomic E-state index is 0.104. The van der Waals surface area contributed by atoms with Crippen molar-refractivity contribution in [3.05, 3.63) is 94.5 Å². The third-order valence-corrected chi connectivity index (χ3v) is 7.65. The highest BCUT2D eigenvalue weighted by molar-refractivity contribution is 7.89. The van der Waals surface area contributed by atoms with Crippen LogP contribution in [0, 0.1) is 0 Å². The van der Waals surface area contributed by atoms with Crippen LogP contribution in [0.5, 0.6) is 5.75 Å². The first-order chi connectivity index (χ1) is 15.4. The molecule has 4 rings (SSSR count). The number of carbonyl (C=O) groups excluding carboxylic acids is 1. The van der Waals surface area contributed by atoms with Crippen LogP contribution in [-0.4, -0.2) is 31.8 Å². The van der Waals surface area contributed by atoms with Gasteiger partial charge in [0.2, 0.25) is 15.9 Å². The van der Waals surface area contributed by atoms with Gasteiger partial charge in [-0.1, -0.05) is 48.0 Å². The molecule has 3 aromatic rings. The van der Waals surface area contributed by atoms with Gasteiger partial charge in [0.25, 0.3) is 0 Å². The van der Waals surface area contributed by atoms with Crippen LogP contribution in [-0.2, 0) is 34.3 Å². The van der Waals surface area contributed by atoms with E-state index in [-0.39, 0.29) is 23.9 Å². The highest BCUT2D eigenvalue weighted by atomic mass is 35.5. The van der Waals surface area contributed by atoms with E-state index in [1.54, 1.807) is 7.11 Å². The van der Waals surface area contributed by atoms with E-state index < -0.39 is 16.1 Å². The largest absolute Gasteiger partial charge is 0.497 e. The van der Waals surface area contributed by atoms with Crippen molar-refractivity contribution in [1.29, 1.82) is 0 Å². The van der Waals surface area contributed by atoms with Gasteiger partial charge < -0.3 is 10.1 Å². The molecule has 1 heterocycles. The first-order valence-corrected chi connectivity index (χ1v) is 11.9. The van der Waals surface area contributed by atoms with Crippen molar-refractivity contribution in [3.8, 4) is 5.75 Å². The number of fused-ring (bicyclic) bond motifs is 1. The Morgan fingerprint density at radius 3 is 2.50 bits per heavy atom. The maximum atomic E-state index is 13.5. The van der Waals surface area contributed by atoms with Crippen LogP contribution in [0.1, 0.15) is 16.7 Å². The molecular weight excluding hydrogens is 448 g/mol. The van der Waals surface area contributed by atoms with Crippen molar-refractivity contribution in [2.24, 2.45) is 0 Å². The van der Waals surface area contributed by atoms with Crippen molar-refractivity contribution in [1.82, 2.24) is 9.62 Å². The average Bonchev–Trinajstić information content (AvgIpc) is 2.82. The van der Waals surface area contributed by atoms with E-state index in [2.05, 4.69) is 5.32 Å². The predicted molar refractivity (Wildman–Crippen MR) is 123 cm³/mol. The summed E-state index contributed by atoms with van der Waals surface area (Å²) in [4.78, 5) is 13.3. The molecular formula is C24H23ClN2O4S. The molecule has 0 spiro atoms. The van der Waals surface area contributed by atoms with E-state index >= 15 is 0 Å². The standard InChI is InChI=1S/C24H23ClN2O4S/c1-31-21-8-4-5-17(13-21)15-26-24(28)23-14-18-6-2-3-7-19(18)16-27(23)32(29,30)22-11-9-20(25)10-12-22/h2-13,23H,14-16H2,1H3,(H,26,28)/t23-/m1/s1. The van der Waals surface area contributed by atoms with Crippen LogP contribution >= 0.6 is 11.6 Å². The van der Waals surface area contributed by atoms with Crippen molar-refractivity contribution in [3.63, 3.8) is 0 Å². The number of halogens is 1. The summed E-state index contributed by atoms with van der Waals surface area (Å²) >= 11 is 5.93. The van der Waals surface area contributed by atoms with Gasteiger partial charge in [0.05, 0.1) is 12.0 Å². The molecule has 3 aromatic carbocycles. The van der Waals surface area contributed by atoms with Gasteiger partial charge in [-0.15, -0.1) is 0 Å².